The molecule has 0 atom stereocenters. The smallest absolute Gasteiger partial charge is 0.197 e. The molecular weight excluding hydrogens is 422 g/mol. The van der Waals surface area contributed by atoms with E-state index in [1.165, 1.54) is 24.0 Å². The van der Waals surface area contributed by atoms with Crippen molar-refractivity contribution in [2.75, 3.05) is 27.2 Å². The van der Waals surface area contributed by atoms with E-state index in [0.29, 0.717) is 17.3 Å². The van der Waals surface area contributed by atoms with Gasteiger partial charge in [-0.15, -0.1) is 11.3 Å². The Hall–Kier alpha value is -2.78. The van der Waals surface area contributed by atoms with E-state index < -0.39 is 0 Å². The number of methoxy groups -OCH3 is 1. The van der Waals surface area contributed by atoms with Crippen LogP contribution in [-0.2, 0) is 0 Å². The van der Waals surface area contributed by atoms with E-state index in [9.17, 15) is 0 Å². The Labute approximate surface area is 191 Å². The molecule has 8 nitrogen and oxygen atoms in total. The van der Waals surface area contributed by atoms with Gasteiger partial charge in [0.2, 0.25) is 0 Å². The number of aromatic amines is 1. The maximum absolute atomic E-state index is 5.56. The average molecular weight is 452 g/mol. The normalized spacial score (nSPS) is 15.8. The summed E-state index contributed by atoms with van der Waals surface area (Å²) in [6.07, 6.45) is 5.88. The lowest BCUT2D eigenvalue weighted by molar-refractivity contribution is 0.256. The Morgan fingerprint density at radius 1 is 1.25 bits per heavy atom. The molecule has 1 aliphatic rings. The van der Waals surface area contributed by atoms with Gasteiger partial charge in [0.25, 0.3) is 0 Å². The number of aryl methyl sites for hydroxylation is 1. The molecule has 5 heterocycles. The van der Waals surface area contributed by atoms with Crippen molar-refractivity contribution < 1.29 is 4.74 Å². The van der Waals surface area contributed by atoms with E-state index in [1.807, 2.05) is 23.6 Å². The van der Waals surface area contributed by atoms with Crippen molar-refractivity contribution >= 4 is 17.0 Å². The van der Waals surface area contributed by atoms with Gasteiger partial charge < -0.3 is 9.64 Å². The second kappa shape index (κ2) is 8.29. The highest BCUT2D eigenvalue weighted by Gasteiger charge is 2.26. The third-order valence-corrected chi connectivity index (χ3v) is 7.69. The Morgan fingerprint density at radius 2 is 2.03 bits per heavy atom. The summed E-state index contributed by atoms with van der Waals surface area (Å²) in [6, 6.07) is 1.98. The first-order chi connectivity index (χ1) is 15.5. The van der Waals surface area contributed by atoms with E-state index in [1.54, 1.807) is 11.6 Å². The Bertz CT molecular complexity index is 1250. The van der Waals surface area contributed by atoms with Crippen LogP contribution in [-0.4, -0.2) is 61.9 Å². The van der Waals surface area contributed by atoms with Gasteiger partial charge >= 0.3 is 0 Å². The zero-order valence-electron chi connectivity index (χ0n) is 19.2. The summed E-state index contributed by atoms with van der Waals surface area (Å²) >= 11 is 1.82. The molecule has 1 fully saturated rings. The quantitative estimate of drug-likeness (QED) is 0.481. The van der Waals surface area contributed by atoms with Gasteiger partial charge in [0.15, 0.2) is 11.4 Å². The fraction of sp³-hybridized carbons (Fsp3) is 0.478. The highest BCUT2D eigenvalue weighted by atomic mass is 32.1. The molecule has 0 spiro atoms. The third kappa shape index (κ3) is 3.59. The molecule has 0 aromatic carbocycles. The van der Waals surface area contributed by atoms with Crippen LogP contribution >= 0.6 is 11.3 Å². The molecule has 5 rings (SSSR count). The molecule has 0 radical (unpaired) electrons. The minimum atomic E-state index is 0.271. The molecule has 1 aliphatic heterocycles. The summed E-state index contributed by atoms with van der Waals surface area (Å²) in [5.41, 5.74) is 5.86. The standard InChI is InChI=1S/C23H29N7OS/c1-13(2)18-19(16-10-17(31-5)22-24-12-25-30(22)11-16)27-28-20(18)23-26-14(3)21(32-23)15-6-8-29(4)9-7-15/h10-13,15H,6-9H2,1-5H3,(H,27,28). The number of hydrogen-bond donors (Lipinski definition) is 1. The topological polar surface area (TPSA) is 84.2 Å². The summed E-state index contributed by atoms with van der Waals surface area (Å²) in [6.45, 7) is 8.83. The van der Waals surface area contributed by atoms with Crippen molar-refractivity contribution in [3.63, 3.8) is 0 Å². The number of nitrogens with one attached hydrogen (secondary N) is 1. The summed E-state index contributed by atoms with van der Waals surface area (Å²) in [7, 11) is 3.85. The number of fused-ring (bicyclic) bond motifs is 1. The van der Waals surface area contributed by atoms with Crippen molar-refractivity contribution in [2.45, 2.75) is 45.4 Å². The zero-order chi connectivity index (χ0) is 22.4. The van der Waals surface area contributed by atoms with Crippen LogP contribution in [0, 0.1) is 6.92 Å². The van der Waals surface area contributed by atoms with Crippen LogP contribution < -0.4 is 4.74 Å². The predicted molar refractivity (Wildman–Crippen MR) is 127 cm³/mol. The van der Waals surface area contributed by atoms with Gasteiger partial charge in [0, 0.05) is 22.2 Å². The maximum Gasteiger partial charge on any atom is 0.197 e. The minimum Gasteiger partial charge on any atom is -0.493 e. The number of pyridine rings is 1. The first kappa shape index (κ1) is 21.1. The van der Waals surface area contributed by atoms with Crippen LogP contribution in [0.15, 0.2) is 18.6 Å². The highest BCUT2D eigenvalue weighted by molar-refractivity contribution is 7.15. The van der Waals surface area contributed by atoms with E-state index in [0.717, 1.165) is 46.3 Å². The molecule has 4 aromatic heterocycles. The van der Waals surface area contributed by atoms with Crippen molar-refractivity contribution in [2.24, 2.45) is 0 Å². The molecule has 0 amide bonds. The molecule has 0 saturated carbocycles. The molecule has 1 N–H and O–H groups in total. The van der Waals surface area contributed by atoms with Gasteiger partial charge in [0.1, 0.15) is 11.3 Å². The zero-order valence-corrected chi connectivity index (χ0v) is 20.0. The lowest BCUT2D eigenvalue weighted by Gasteiger charge is -2.28. The minimum absolute atomic E-state index is 0.271. The number of hydrogen-bond acceptors (Lipinski definition) is 7. The molecule has 0 bridgehead atoms. The number of ether oxygens (including phenoxy) is 1. The largest absolute Gasteiger partial charge is 0.493 e. The van der Waals surface area contributed by atoms with Crippen LogP contribution in [0.3, 0.4) is 0 Å². The van der Waals surface area contributed by atoms with E-state index >= 15 is 0 Å². The summed E-state index contributed by atoms with van der Waals surface area (Å²) in [5.74, 6) is 1.54. The number of rotatable bonds is 5. The number of H-pyrrole nitrogens is 1. The molecular formula is C23H29N7OS. The van der Waals surface area contributed by atoms with Crippen LogP contribution in [0.5, 0.6) is 5.75 Å². The average Bonchev–Trinajstić information content (AvgIpc) is 3.51. The van der Waals surface area contributed by atoms with Crippen LogP contribution in [0.2, 0.25) is 0 Å². The fourth-order valence-corrected chi connectivity index (χ4v) is 5.88. The molecule has 0 aliphatic carbocycles. The van der Waals surface area contributed by atoms with Crippen molar-refractivity contribution in [3.8, 4) is 27.7 Å². The second-order valence-electron chi connectivity index (χ2n) is 8.89. The molecule has 32 heavy (non-hydrogen) atoms. The summed E-state index contributed by atoms with van der Waals surface area (Å²) < 4.78 is 7.29. The molecule has 1 saturated heterocycles. The summed E-state index contributed by atoms with van der Waals surface area (Å²) in [4.78, 5) is 13.1. The van der Waals surface area contributed by atoms with Crippen molar-refractivity contribution in [1.82, 2.24) is 34.7 Å². The van der Waals surface area contributed by atoms with Gasteiger partial charge in [-0.3, -0.25) is 5.10 Å². The van der Waals surface area contributed by atoms with E-state index in [4.69, 9.17) is 14.8 Å². The third-order valence-electron chi connectivity index (χ3n) is 6.35. The number of piperidine rings is 1. The monoisotopic (exact) mass is 451 g/mol. The lowest BCUT2D eigenvalue weighted by atomic mass is 9.95. The fourth-order valence-electron chi connectivity index (χ4n) is 4.64. The first-order valence-electron chi connectivity index (χ1n) is 11.1. The number of nitrogens with zero attached hydrogens (tertiary/aromatic N) is 6. The molecule has 168 valence electrons. The van der Waals surface area contributed by atoms with Gasteiger partial charge in [-0.05, 0) is 57.8 Å². The Morgan fingerprint density at radius 3 is 2.75 bits per heavy atom. The number of aromatic nitrogens is 6. The van der Waals surface area contributed by atoms with E-state index in [2.05, 4.69) is 47.9 Å². The number of likely N-dealkylation sites (tertiary alicyclic amines) is 1. The van der Waals surface area contributed by atoms with Gasteiger partial charge in [-0.25, -0.2) is 14.5 Å². The van der Waals surface area contributed by atoms with Crippen molar-refractivity contribution in [3.05, 3.63) is 34.7 Å². The first-order valence-corrected chi connectivity index (χ1v) is 11.9. The molecule has 9 heteroatoms. The lowest BCUT2D eigenvalue weighted by Crippen LogP contribution is -2.29. The number of thiazole rings is 1. The highest BCUT2D eigenvalue weighted by Crippen LogP contribution is 2.41. The molecule has 4 aromatic rings. The SMILES string of the molecule is COc1cc(-c2n[nH]c(-c3nc(C)c(C4CCN(C)CC4)s3)c2C(C)C)cn2ncnc12. The van der Waals surface area contributed by atoms with Crippen LogP contribution in [0.1, 0.15) is 54.7 Å². The summed E-state index contributed by atoms with van der Waals surface area (Å²) in [5, 5.41) is 13.4. The van der Waals surface area contributed by atoms with E-state index in [-0.39, 0.29) is 5.92 Å². The maximum atomic E-state index is 5.56. The van der Waals surface area contributed by atoms with Gasteiger partial charge in [0.05, 0.1) is 24.2 Å². The Balaban J connectivity index is 1.57. The molecule has 0 unspecified atom stereocenters. The Kier molecular flexibility index (Phi) is 5.46. The second-order valence-corrected chi connectivity index (χ2v) is 9.92. The van der Waals surface area contributed by atoms with Crippen LogP contribution in [0.4, 0.5) is 0 Å². The van der Waals surface area contributed by atoms with Crippen molar-refractivity contribution in [1.29, 1.82) is 0 Å². The van der Waals surface area contributed by atoms with Crippen LogP contribution in [0.25, 0.3) is 27.6 Å². The van der Waals surface area contributed by atoms with Gasteiger partial charge in [-0.1, -0.05) is 13.8 Å². The predicted octanol–water partition coefficient (Wildman–Crippen LogP) is 4.49. The van der Waals surface area contributed by atoms with Gasteiger partial charge in [-0.2, -0.15) is 10.2 Å².